The van der Waals surface area contributed by atoms with E-state index >= 15 is 0 Å². The number of nitrogens with two attached hydrogens (primary N) is 1. The van der Waals surface area contributed by atoms with E-state index in [4.69, 9.17) is 10.7 Å². The molecule has 96 valence electrons. The molecule has 3 heteroatoms. The third kappa shape index (κ3) is 2.26. The number of hydrogen-bond acceptors (Lipinski definition) is 2. The second-order valence-corrected chi connectivity index (χ2v) is 4.84. The lowest BCUT2D eigenvalue weighted by atomic mass is 10.1. The molecule has 1 heterocycles. The first kappa shape index (κ1) is 12.7. The predicted molar refractivity (Wildman–Crippen MR) is 76.5 cm³/mol. The average Bonchev–Trinajstić information content (AvgIpc) is 2.68. The number of anilines is 1. The van der Waals surface area contributed by atoms with Crippen LogP contribution in [0.25, 0.3) is 11.3 Å². The number of nitrogen functional groups attached to an aromatic ring is 1. The van der Waals surface area contributed by atoms with Gasteiger partial charge in [-0.2, -0.15) is 0 Å². The van der Waals surface area contributed by atoms with Crippen LogP contribution in [-0.2, 0) is 6.42 Å². The van der Waals surface area contributed by atoms with E-state index in [0.717, 1.165) is 35.7 Å². The van der Waals surface area contributed by atoms with Crippen LogP contribution in [0.3, 0.4) is 0 Å². The predicted octanol–water partition coefficient (Wildman–Crippen LogP) is 3.67. The Hall–Kier alpha value is -1.77. The number of nitrogens with zero attached hydrogens (tertiary/aromatic N) is 2. The SMILES string of the molecule is CCCc1nc(-c2ccccc2)c(N)n1C(C)C. The normalized spacial score (nSPS) is 11.1. The van der Waals surface area contributed by atoms with Crippen LogP contribution in [0.2, 0.25) is 0 Å². The Kier molecular flexibility index (Phi) is 3.70. The summed E-state index contributed by atoms with van der Waals surface area (Å²) in [7, 11) is 0. The van der Waals surface area contributed by atoms with Gasteiger partial charge in [0.15, 0.2) is 0 Å². The summed E-state index contributed by atoms with van der Waals surface area (Å²) in [6, 6.07) is 10.5. The Labute approximate surface area is 109 Å². The summed E-state index contributed by atoms with van der Waals surface area (Å²) in [6.07, 6.45) is 2.05. The maximum absolute atomic E-state index is 6.27. The highest BCUT2D eigenvalue weighted by Crippen LogP contribution is 2.29. The molecule has 0 aliphatic rings. The van der Waals surface area contributed by atoms with Crippen molar-refractivity contribution in [3.05, 3.63) is 36.2 Å². The summed E-state index contributed by atoms with van der Waals surface area (Å²) >= 11 is 0. The number of aryl methyl sites for hydroxylation is 1. The minimum Gasteiger partial charge on any atom is -0.383 e. The molecule has 2 rings (SSSR count). The van der Waals surface area contributed by atoms with Crippen molar-refractivity contribution in [3.63, 3.8) is 0 Å². The van der Waals surface area contributed by atoms with Crippen LogP contribution in [0.1, 0.15) is 39.1 Å². The highest BCUT2D eigenvalue weighted by Gasteiger charge is 2.17. The van der Waals surface area contributed by atoms with Crippen molar-refractivity contribution < 1.29 is 0 Å². The molecule has 0 atom stereocenters. The summed E-state index contributed by atoms with van der Waals surface area (Å²) in [5, 5.41) is 0. The van der Waals surface area contributed by atoms with Crippen LogP contribution in [0.5, 0.6) is 0 Å². The van der Waals surface area contributed by atoms with Gasteiger partial charge in [-0.05, 0) is 20.3 Å². The standard InChI is InChI=1S/C15H21N3/c1-4-8-13-17-14(12-9-6-5-7-10-12)15(16)18(13)11(2)3/h5-7,9-11H,4,8,16H2,1-3H3. The molecule has 3 nitrogen and oxygen atoms in total. The maximum Gasteiger partial charge on any atom is 0.131 e. The van der Waals surface area contributed by atoms with Gasteiger partial charge < -0.3 is 10.3 Å². The summed E-state index contributed by atoms with van der Waals surface area (Å²) < 4.78 is 2.14. The lowest BCUT2D eigenvalue weighted by Gasteiger charge is -2.13. The van der Waals surface area contributed by atoms with Gasteiger partial charge in [-0.1, -0.05) is 37.3 Å². The van der Waals surface area contributed by atoms with Gasteiger partial charge in [-0.25, -0.2) is 4.98 Å². The van der Waals surface area contributed by atoms with Gasteiger partial charge in [0.1, 0.15) is 17.3 Å². The first-order chi connectivity index (χ1) is 8.65. The Balaban J connectivity index is 2.53. The van der Waals surface area contributed by atoms with Crippen LogP contribution < -0.4 is 5.73 Å². The smallest absolute Gasteiger partial charge is 0.131 e. The molecule has 0 aliphatic heterocycles. The van der Waals surface area contributed by atoms with Gasteiger partial charge in [0.2, 0.25) is 0 Å². The first-order valence-corrected chi connectivity index (χ1v) is 6.57. The van der Waals surface area contributed by atoms with Crippen molar-refractivity contribution >= 4 is 5.82 Å². The van der Waals surface area contributed by atoms with E-state index in [2.05, 4.69) is 37.5 Å². The summed E-state index contributed by atoms with van der Waals surface area (Å²) in [6.45, 7) is 6.45. The second-order valence-electron chi connectivity index (χ2n) is 4.84. The molecule has 2 aromatic rings. The molecule has 0 aliphatic carbocycles. The zero-order chi connectivity index (χ0) is 13.1. The zero-order valence-corrected chi connectivity index (χ0v) is 11.4. The Bertz CT molecular complexity index is 512. The summed E-state index contributed by atoms with van der Waals surface area (Å²) in [5.74, 6) is 1.86. The number of aromatic nitrogens is 2. The average molecular weight is 243 g/mol. The Morgan fingerprint density at radius 1 is 1.22 bits per heavy atom. The molecule has 0 radical (unpaired) electrons. The fraction of sp³-hybridized carbons (Fsp3) is 0.400. The van der Waals surface area contributed by atoms with Crippen LogP contribution >= 0.6 is 0 Å². The fourth-order valence-electron chi connectivity index (χ4n) is 2.28. The molecule has 2 N–H and O–H groups in total. The molecule has 0 unspecified atom stereocenters. The first-order valence-electron chi connectivity index (χ1n) is 6.57. The molecule has 18 heavy (non-hydrogen) atoms. The lowest BCUT2D eigenvalue weighted by Crippen LogP contribution is -2.09. The van der Waals surface area contributed by atoms with Crippen molar-refractivity contribution in [3.8, 4) is 11.3 Å². The largest absolute Gasteiger partial charge is 0.383 e. The quantitative estimate of drug-likeness (QED) is 0.890. The zero-order valence-electron chi connectivity index (χ0n) is 11.4. The minimum atomic E-state index is 0.344. The Morgan fingerprint density at radius 3 is 2.44 bits per heavy atom. The van der Waals surface area contributed by atoms with E-state index in [1.165, 1.54) is 0 Å². The highest BCUT2D eigenvalue weighted by molar-refractivity contribution is 5.71. The van der Waals surface area contributed by atoms with E-state index < -0.39 is 0 Å². The van der Waals surface area contributed by atoms with E-state index in [1.54, 1.807) is 0 Å². The topological polar surface area (TPSA) is 43.8 Å². The number of rotatable bonds is 4. The number of benzene rings is 1. The molecule has 0 bridgehead atoms. The van der Waals surface area contributed by atoms with E-state index in [-0.39, 0.29) is 0 Å². The lowest BCUT2D eigenvalue weighted by molar-refractivity contribution is 0.571. The number of imidazole rings is 1. The maximum atomic E-state index is 6.27. The van der Waals surface area contributed by atoms with Gasteiger partial charge in [0.05, 0.1) is 0 Å². The third-order valence-corrected chi connectivity index (χ3v) is 3.06. The van der Waals surface area contributed by atoms with Gasteiger partial charge in [0.25, 0.3) is 0 Å². The van der Waals surface area contributed by atoms with Gasteiger partial charge >= 0.3 is 0 Å². The van der Waals surface area contributed by atoms with Crippen LogP contribution in [-0.4, -0.2) is 9.55 Å². The molecule has 0 saturated carbocycles. The number of hydrogen-bond donors (Lipinski definition) is 1. The van der Waals surface area contributed by atoms with Crippen molar-refractivity contribution in [2.24, 2.45) is 0 Å². The third-order valence-electron chi connectivity index (χ3n) is 3.06. The molecular formula is C15H21N3. The van der Waals surface area contributed by atoms with Crippen molar-refractivity contribution in [2.45, 2.75) is 39.7 Å². The molecular weight excluding hydrogens is 222 g/mol. The highest BCUT2D eigenvalue weighted by atomic mass is 15.2. The van der Waals surface area contributed by atoms with Crippen LogP contribution in [0.15, 0.2) is 30.3 Å². The van der Waals surface area contributed by atoms with Gasteiger partial charge in [-0.3, -0.25) is 0 Å². The summed E-state index contributed by atoms with van der Waals surface area (Å²) in [4.78, 5) is 4.73. The van der Waals surface area contributed by atoms with Crippen molar-refractivity contribution in [1.29, 1.82) is 0 Å². The second kappa shape index (κ2) is 5.25. The van der Waals surface area contributed by atoms with Crippen molar-refractivity contribution in [1.82, 2.24) is 9.55 Å². The minimum absolute atomic E-state index is 0.344. The van der Waals surface area contributed by atoms with Crippen LogP contribution in [0, 0.1) is 0 Å². The van der Waals surface area contributed by atoms with Crippen LogP contribution in [0.4, 0.5) is 5.82 Å². The fourth-order valence-corrected chi connectivity index (χ4v) is 2.28. The van der Waals surface area contributed by atoms with Crippen molar-refractivity contribution in [2.75, 3.05) is 5.73 Å². The van der Waals surface area contributed by atoms with E-state index in [1.807, 2.05) is 18.2 Å². The molecule has 0 fully saturated rings. The van der Waals surface area contributed by atoms with E-state index in [9.17, 15) is 0 Å². The van der Waals surface area contributed by atoms with E-state index in [0.29, 0.717) is 6.04 Å². The molecule has 1 aromatic carbocycles. The monoisotopic (exact) mass is 243 g/mol. The molecule has 1 aromatic heterocycles. The molecule has 0 saturated heterocycles. The molecule has 0 amide bonds. The van der Waals surface area contributed by atoms with Gasteiger partial charge in [-0.15, -0.1) is 0 Å². The molecule has 0 spiro atoms. The summed E-state index contributed by atoms with van der Waals surface area (Å²) in [5.41, 5.74) is 8.27. The Morgan fingerprint density at radius 2 is 1.89 bits per heavy atom. The van der Waals surface area contributed by atoms with Gasteiger partial charge in [0, 0.05) is 18.0 Å².